The van der Waals surface area contributed by atoms with Crippen LogP contribution in [-0.4, -0.2) is 36.7 Å². The summed E-state index contributed by atoms with van der Waals surface area (Å²) in [7, 11) is 0. The van der Waals surface area contributed by atoms with Crippen LogP contribution in [0, 0.1) is 11.3 Å². The number of nitrogens with zero attached hydrogens (tertiary/aromatic N) is 5. The fraction of sp³-hybridized carbons (Fsp3) is 0.188. The first kappa shape index (κ1) is 14.1. The quantitative estimate of drug-likeness (QED) is 0.754. The van der Waals surface area contributed by atoms with Crippen molar-refractivity contribution in [3.8, 4) is 17.5 Å². The van der Waals surface area contributed by atoms with Crippen LogP contribution in [0.15, 0.2) is 30.7 Å². The average Bonchev–Trinajstić information content (AvgIpc) is 3.30. The largest absolute Gasteiger partial charge is 0.478 e. The van der Waals surface area contributed by atoms with Crippen molar-refractivity contribution in [2.24, 2.45) is 0 Å². The van der Waals surface area contributed by atoms with E-state index in [4.69, 9.17) is 5.26 Å². The Morgan fingerprint density at radius 1 is 1.29 bits per heavy atom. The molecule has 1 fully saturated rings. The van der Waals surface area contributed by atoms with Crippen LogP contribution in [0.5, 0.6) is 0 Å². The van der Waals surface area contributed by atoms with Crippen LogP contribution >= 0.6 is 0 Å². The highest BCUT2D eigenvalue weighted by atomic mass is 16.4. The fourth-order valence-corrected chi connectivity index (χ4v) is 2.44. The van der Waals surface area contributed by atoms with Gasteiger partial charge in [0, 0.05) is 18.3 Å². The number of pyridine rings is 1. The molecule has 1 aliphatic carbocycles. The first-order chi connectivity index (χ1) is 11.7. The average molecular weight is 320 g/mol. The molecule has 24 heavy (non-hydrogen) atoms. The molecule has 3 aromatic heterocycles. The van der Waals surface area contributed by atoms with Crippen molar-refractivity contribution in [3.05, 3.63) is 41.9 Å². The van der Waals surface area contributed by atoms with E-state index in [0.29, 0.717) is 34.3 Å². The lowest BCUT2D eigenvalue weighted by Crippen LogP contribution is -2.09. The van der Waals surface area contributed by atoms with Crippen LogP contribution in [-0.2, 0) is 0 Å². The van der Waals surface area contributed by atoms with Crippen LogP contribution in [0.3, 0.4) is 0 Å². The second-order valence-corrected chi connectivity index (χ2v) is 5.61. The summed E-state index contributed by atoms with van der Waals surface area (Å²) < 4.78 is 1.57. The second kappa shape index (κ2) is 5.31. The number of hydrogen-bond acceptors (Lipinski definition) is 6. The zero-order chi connectivity index (χ0) is 16.7. The molecule has 0 atom stereocenters. The van der Waals surface area contributed by atoms with E-state index >= 15 is 0 Å². The van der Waals surface area contributed by atoms with Gasteiger partial charge in [-0.05, 0) is 18.9 Å². The summed E-state index contributed by atoms with van der Waals surface area (Å²) in [6, 6.07) is 5.67. The fourth-order valence-electron chi connectivity index (χ4n) is 2.44. The Bertz CT molecular complexity index is 999. The number of rotatable bonds is 4. The van der Waals surface area contributed by atoms with E-state index < -0.39 is 5.97 Å². The number of nitriles is 1. The van der Waals surface area contributed by atoms with Gasteiger partial charge in [-0.3, -0.25) is 4.98 Å². The molecule has 3 heterocycles. The maximum Gasteiger partial charge on any atom is 0.339 e. The molecular weight excluding hydrogens is 308 g/mol. The lowest BCUT2D eigenvalue weighted by atomic mass is 10.2. The van der Waals surface area contributed by atoms with E-state index in [1.165, 1.54) is 12.4 Å². The van der Waals surface area contributed by atoms with Crippen LogP contribution in [0.25, 0.3) is 17.0 Å². The summed E-state index contributed by atoms with van der Waals surface area (Å²) >= 11 is 0. The Labute approximate surface area is 136 Å². The van der Waals surface area contributed by atoms with Crippen LogP contribution < -0.4 is 5.32 Å². The standard InChI is InChI=1S/C16H12N6O2/c17-5-9-3-15-19-8-14(22(15)20-6-9)13-4-12(21-10-1-2-10)11(7-18-13)16(23)24/h3-4,6-8,10H,1-2H2,(H,18,21)(H,23,24). The van der Waals surface area contributed by atoms with Crippen molar-refractivity contribution in [3.63, 3.8) is 0 Å². The van der Waals surface area contributed by atoms with Crippen LogP contribution in [0.4, 0.5) is 5.69 Å². The van der Waals surface area contributed by atoms with Gasteiger partial charge in [0.25, 0.3) is 0 Å². The lowest BCUT2D eigenvalue weighted by Gasteiger charge is -2.10. The highest BCUT2D eigenvalue weighted by Crippen LogP contribution is 2.29. The molecule has 0 unspecified atom stereocenters. The van der Waals surface area contributed by atoms with Crippen molar-refractivity contribution in [2.45, 2.75) is 18.9 Å². The predicted molar refractivity (Wildman–Crippen MR) is 84.5 cm³/mol. The maximum atomic E-state index is 11.4. The number of aromatic nitrogens is 4. The van der Waals surface area contributed by atoms with E-state index in [-0.39, 0.29) is 5.56 Å². The summed E-state index contributed by atoms with van der Waals surface area (Å²) in [6.45, 7) is 0. The molecule has 0 bridgehead atoms. The molecular formula is C16H12N6O2. The third-order valence-corrected chi connectivity index (χ3v) is 3.82. The molecule has 0 aromatic carbocycles. The number of hydrogen-bond donors (Lipinski definition) is 2. The van der Waals surface area contributed by atoms with Gasteiger partial charge in [-0.1, -0.05) is 0 Å². The minimum Gasteiger partial charge on any atom is -0.478 e. The van der Waals surface area contributed by atoms with E-state index in [0.717, 1.165) is 12.8 Å². The van der Waals surface area contributed by atoms with Gasteiger partial charge < -0.3 is 10.4 Å². The number of carboxylic acids is 1. The van der Waals surface area contributed by atoms with Crippen molar-refractivity contribution in [1.82, 2.24) is 19.6 Å². The summed E-state index contributed by atoms with van der Waals surface area (Å²) in [4.78, 5) is 19.8. The highest BCUT2D eigenvalue weighted by Gasteiger charge is 2.24. The molecule has 118 valence electrons. The molecule has 2 N–H and O–H groups in total. The Balaban J connectivity index is 1.81. The summed E-state index contributed by atoms with van der Waals surface area (Å²) in [5.74, 6) is -1.02. The molecule has 8 heteroatoms. The summed E-state index contributed by atoms with van der Waals surface area (Å²) in [5, 5.41) is 25.7. The molecule has 0 aliphatic heterocycles. The molecule has 0 radical (unpaired) electrons. The molecule has 0 amide bonds. The Morgan fingerprint density at radius 2 is 2.12 bits per heavy atom. The Morgan fingerprint density at radius 3 is 2.83 bits per heavy atom. The van der Waals surface area contributed by atoms with Gasteiger partial charge in [0.2, 0.25) is 0 Å². The first-order valence-corrected chi connectivity index (χ1v) is 7.40. The first-order valence-electron chi connectivity index (χ1n) is 7.40. The molecule has 8 nitrogen and oxygen atoms in total. The lowest BCUT2D eigenvalue weighted by molar-refractivity contribution is 0.0697. The van der Waals surface area contributed by atoms with E-state index in [1.807, 2.05) is 6.07 Å². The zero-order valence-electron chi connectivity index (χ0n) is 12.5. The van der Waals surface area contributed by atoms with Gasteiger partial charge in [-0.15, -0.1) is 0 Å². The van der Waals surface area contributed by atoms with Gasteiger partial charge in [-0.2, -0.15) is 10.4 Å². The minimum atomic E-state index is -1.02. The SMILES string of the molecule is N#Cc1cnn2c(-c3cc(NC4CC4)c(C(=O)O)cn3)cnc2c1. The zero-order valence-corrected chi connectivity index (χ0v) is 12.5. The number of nitrogens with one attached hydrogen (secondary N) is 1. The number of imidazole rings is 1. The van der Waals surface area contributed by atoms with E-state index in [2.05, 4.69) is 20.4 Å². The van der Waals surface area contributed by atoms with Crippen LogP contribution in [0.1, 0.15) is 28.8 Å². The van der Waals surface area contributed by atoms with E-state index in [1.54, 1.807) is 22.8 Å². The van der Waals surface area contributed by atoms with Crippen LogP contribution in [0.2, 0.25) is 0 Å². The van der Waals surface area contributed by atoms with Gasteiger partial charge in [0.05, 0.1) is 29.3 Å². The molecule has 4 rings (SSSR count). The Hall–Kier alpha value is -3.47. The van der Waals surface area contributed by atoms with Gasteiger partial charge >= 0.3 is 5.97 Å². The third-order valence-electron chi connectivity index (χ3n) is 3.82. The second-order valence-electron chi connectivity index (χ2n) is 5.61. The number of carboxylic acid groups (broad SMARTS) is 1. The number of carbonyl (C=O) groups is 1. The minimum absolute atomic E-state index is 0.138. The topological polar surface area (TPSA) is 116 Å². The van der Waals surface area contributed by atoms with Crippen molar-refractivity contribution >= 4 is 17.3 Å². The monoisotopic (exact) mass is 320 g/mol. The van der Waals surface area contributed by atoms with Gasteiger partial charge in [-0.25, -0.2) is 14.3 Å². The summed E-state index contributed by atoms with van der Waals surface area (Å²) in [5.41, 5.74) is 2.82. The smallest absolute Gasteiger partial charge is 0.339 e. The molecule has 1 aliphatic rings. The van der Waals surface area contributed by atoms with Crippen molar-refractivity contribution < 1.29 is 9.90 Å². The highest BCUT2D eigenvalue weighted by molar-refractivity contribution is 5.94. The molecule has 1 saturated carbocycles. The number of fused-ring (bicyclic) bond motifs is 1. The van der Waals surface area contributed by atoms with Crippen molar-refractivity contribution in [1.29, 1.82) is 5.26 Å². The van der Waals surface area contributed by atoms with Gasteiger partial charge in [0.15, 0.2) is 5.65 Å². The predicted octanol–water partition coefficient (Wildman–Crippen LogP) is 1.94. The normalized spacial score (nSPS) is 13.6. The van der Waals surface area contributed by atoms with Crippen molar-refractivity contribution in [2.75, 3.05) is 5.32 Å². The molecule has 3 aromatic rings. The Kier molecular flexibility index (Phi) is 3.13. The number of aromatic carboxylic acids is 1. The summed E-state index contributed by atoms with van der Waals surface area (Å²) in [6.07, 6.45) is 6.46. The van der Waals surface area contributed by atoms with Gasteiger partial charge in [0.1, 0.15) is 17.3 Å². The molecule has 0 spiro atoms. The third kappa shape index (κ3) is 2.42. The maximum absolute atomic E-state index is 11.4. The van der Waals surface area contributed by atoms with E-state index in [9.17, 15) is 9.90 Å². The molecule has 0 saturated heterocycles. The number of anilines is 1.